The Morgan fingerprint density at radius 2 is 1.81 bits per heavy atom. The Bertz CT molecular complexity index is 355. The highest BCUT2D eigenvalue weighted by Gasteiger charge is 2.51. The van der Waals surface area contributed by atoms with Crippen LogP contribution in [-0.4, -0.2) is 30.3 Å². The van der Waals surface area contributed by atoms with Crippen LogP contribution in [0.5, 0.6) is 0 Å². The summed E-state index contributed by atoms with van der Waals surface area (Å²) in [5, 5.41) is 0. The van der Waals surface area contributed by atoms with Crippen molar-refractivity contribution in [3.05, 3.63) is 24.5 Å². The van der Waals surface area contributed by atoms with Gasteiger partial charge in [0.05, 0.1) is 11.9 Å². The highest BCUT2D eigenvalue weighted by atomic mass is 19.3. The summed E-state index contributed by atoms with van der Waals surface area (Å²) in [7, 11) is 0. The van der Waals surface area contributed by atoms with Crippen LogP contribution in [-0.2, 0) is 4.74 Å². The summed E-state index contributed by atoms with van der Waals surface area (Å²) < 4.78 is 54.9. The number of morpholine rings is 1. The minimum Gasteiger partial charge on any atom is -0.353 e. The van der Waals surface area contributed by atoms with E-state index in [1.54, 1.807) is 0 Å². The van der Waals surface area contributed by atoms with E-state index >= 15 is 0 Å². The molecular weight excluding hydrogens is 228 g/mol. The summed E-state index contributed by atoms with van der Waals surface area (Å²) in [6.07, 6.45) is -5.05. The first-order valence-corrected chi connectivity index (χ1v) is 4.49. The molecule has 0 saturated carbocycles. The van der Waals surface area contributed by atoms with E-state index in [0.717, 1.165) is 4.90 Å². The van der Waals surface area contributed by atoms with E-state index in [0.29, 0.717) is 0 Å². The van der Waals surface area contributed by atoms with Gasteiger partial charge in [0, 0.05) is 6.20 Å². The van der Waals surface area contributed by atoms with Crippen LogP contribution in [0.1, 0.15) is 0 Å². The molecule has 16 heavy (non-hydrogen) atoms. The van der Waals surface area contributed by atoms with Crippen molar-refractivity contribution in [2.24, 2.45) is 0 Å². The molecule has 0 unspecified atom stereocenters. The number of nitrogens with zero attached hydrogens (tertiary/aromatic N) is 2. The Hall–Kier alpha value is -1.37. The molecule has 1 aromatic rings. The number of halogens is 4. The van der Waals surface area contributed by atoms with Crippen molar-refractivity contribution in [2.45, 2.75) is 12.2 Å². The number of ether oxygens (including phenoxy) is 1. The van der Waals surface area contributed by atoms with E-state index < -0.39 is 25.3 Å². The molecule has 0 atom stereocenters. The second-order valence-electron chi connectivity index (χ2n) is 3.44. The first-order valence-electron chi connectivity index (χ1n) is 4.49. The topological polar surface area (TPSA) is 25.4 Å². The fourth-order valence-electron chi connectivity index (χ4n) is 1.51. The van der Waals surface area contributed by atoms with Gasteiger partial charge in [-0.1, -0.05) is 0 Å². The third kappa shape index (κ3) is 2.41. The average molecular weight is 236 g/mol. The standard InChI is InChI=1S/C9H8F4N2O/c10-8(11)5-15(6-9(12,13)16-8)7-2-1-3-14-4-7/h1-4H,5-6H2. The molecule has 0 amide bonds. The summed E-state index contributed by atoms with van der Waals surface area (Å²) in [5.74, 6) is 0. The SMILES string of the molecule is FC1(F)CN(c2cccnc2)CC(F)(F)O1. The fraction of sp³-hybridized carbons (Fsp3) is 0.444. The minimum absolute atomic E-state index is 0.213. The molecule has 1 aliphatic rings. The molecule has 1 aromatic heterocycles. The molecule has 0 aliphatic carbocycles. The number of hydrogen-bond donors (Lipinski definition) is 0. The van der Waals surface area contributed by atoms with Gasteiger partial charge in [0.15, 0.2) is 0 Å². The van der Waals surface area contributed by atoms with E-state index in [9.17, 15) is 17.6 Å². The van der Waals surface area contributed by atoms with Crippen molar-refractivity contribution >= 4 is 5.69 Å². The Balaban J connectivity index is 2.23. The molecule has 88 valence electrons. The lowest BCUT2D eigenvalue weighted by atomic mass is 10.3. The molecule has 1 fully saturated rings. The van der Waals surface area contributed by atoms with Crippen LogP contribution in [0.25, 0.3) is 0 Å². The van der Waals surface area contributed by atoms with Crippen LogP contribution in [0.15, 0.2) is 24.5 Å². The van der Waals surface area contributed by atoms with E-state index in [1.807, 2.05) is 0 Å². The van der Waals surface area contributed by atoms with Gasteiger partial charge >= 0.3 is 12.2 Å². The zero-order valence-corrected chi connectivity index (χ0v) is 8.04. The Morgan fingerprint density at radius 1 is 1.19 bits per heavy atom. The van der Waals surface area contributed by atoms with Gasteiger partial charge in [-0.05, 0) is 12.1 Å². The predicted octanol–water partition coefficient (Wildman–Crippen LogP) is 2.10. The van der Waals surface area contributed by atoms with Gasteiger partial charge in [-0.25, -0.2) is 0 Å². The number of pyridine rings is 1. The maximum Gasteiger partial charge on any atom is 0.377 e. The highest BCUT2D eigenvalue weighted by molar-refractivity contribution is 5.44. The average Bonchev–Trinajstić information content (AvgIpc) is 2.14. The number of alkyl halides is 4. The number of aromatic nitrogens is 1. The lowest BCUT2D eigenvalue weighted by molar-refractivity contribution is -0.380. The summed E-state index contributed by atoms with van der Waals surface area (Å²) in [6.45, 7) is -1.82. The monoisotopic (exact) mass is 236 g/mol. The van der Waals surface area contributed by atoms with E-state index in [4.69, 9.17) is 0 Å². The molecule has 0 bridgehead atoms. The zero-order valence-electron chi connectivity index (χ0n) is 8.04. The van der Waals surface area contributed by atoms with Gasteiger partial charge < -0.3 is 4.90 Å². The third-order valence-corrected chi connectivity index (χ3v) is 2.06. The molecule has 2 heterocycles. The fourth-order valence-corrected chi connectivity index (χ4v) is 1.51. The summed E-state index contributed by atoms with van der Waals surface area (Å²) in [4.78, 5) is 4.53. The first kappa shape index (κ1) is 11.1. The summed E-state index contributed by atoms with van der Waals surface area (Å²) in [6, 6.07) is 2.92. The van der Waals surface area contributed by atoms with Crippen molar-refractivity contribution in [2.75, 3.05) is 18.0 Å². The third-order valence-electron chi connectivity index (χ3n) is 2.06. The second kappa shape index (κ2) is 3.58. The van der Waals surface area contributed by atoms with Gasteiger partial charge in [-0.3, -0.25) is 9.72 Å². The van der Waals surface area contributed by atoms with Crippen molar-refractivity contribution < 1.29 is 22.3 Å². The van der Waals surface area contributed by atoms with Gasteiger partial charge in [-0.2, -0.15) is 17.6 Å². The van der Waals surface area contributed by atoms with Gasteiger partial charge in [0.2, 0.25) is 0 Å². The second-order valence-corrected chi connectivity index (χ2v) is 3.44. The summed E-state index contributed by atoms with van der Waals surface area (Å²) in [5.41, 5.74) is 0.213. The van der Waals surface area contributed by atoms with Gasteiger partial charge in [0.25, 0.3) is 0 Å². The van der Waals surface area contributed by atoms with Crippen LogP contribution in [0.4, 0.5) is 23.2 Å². The Labute approximate surface area is 88.6 Å². The predicted molar refractivity (Wildman–Crippen MR) is 47.4 cm³/mol. The van der Waals surface area contributed by atoms with Crippen molar-refractivity contribution in [3.63, 3.8) is 0 Å². The lowest BCUT2D eigenvalue weighted by Gasteiger charge is -2.37. The molecule has 2 rings (SSSR count). The zero-order chi connectivity index (χ0) is 11.8. The maximum atomic E-state index is 12.9. The molecule has 1 saturated heterocycles. The molecule has 3 nitrogen and oxygen atoms in total. The van der Waals surface area contributed by atoms with E-state index in [-0.39, 0.29) is 5.69 Å². The molecule has 0 radical (unpaired) electrons. The van der Waals surface area contributed by atoms with Crippen molar-refractivity contribution in [1.82, 2.24) is 4.98 Å². The number of rotatable bonds is 1. The van der Waals surface area contributed by atoms with Crippen LogP contribution in [0.3, 0.4) is 0 Å². The van der Waals surface area contributed by atoms with Gasteiger partial charge in [-0.15, -0.1) is 0 Å². The lowest BCUT2D eigenvalue weighted by Crippen LogP contribution is -2.55. The van der Waals surface area contributed by atoms with E-state index in [2.05, 4.69) is 9.72 Å². The van der Waals surface area contributed by atoms with Crippen LogP contribution in [0, 0.1) is 0 Å². The Morgan fingerprint density at radius 3 is 2.31 bits per heavy atom. The Kier molecular flexibility index (Phi) is 2.49. The first-order chi connectivity index (χ1) is 7.38. The molecule has 0 N–H and O–H groups in total. The molecule has 0 aromatic carbocycles. The number of hydrogen-bond acceptors (Lipinski definition) is 3. The highest BCUT2D eigenvalue weighted by Crippen LogP contribution is 2.35. The molecule has 1 aliphatic heterocycles. The van der Waals surface area contributed by atoms with Gasteiger partial charge in [0.1, 0.15) is 13.1 Å². The van der Waals surface area contributed by atoms with E-state index in [1.165, 1.54) is 24.5 Å². The van der Waals surface area contributed by atoms with Crippen molar-refractivity contribution in [3.8, 4) is 0 Å². The smallest absolute Gasteiger partial charge is 0.353 e. The molecular formula is C9H8F4N2O. The summed E-state index contributed by atoms with van der Waals surface area (Å²) >= 11 is 0. The van der Waals surface area contributed by atoms with Crippen molar-refractivity contribution in [1.29, 1.82) is 0 Å². The molecule has 7 heteroatoms. The maximum absolute atomic E-state index is 12.9. The van der Waals surface area contributed by atoms with Crippen LogP contribution >= 0.6 is 0 Å². The largest absolute Gasteiger partial charge is 0.377 e. The normalized spacial score (nSPS) is 23.1. The minimum atomic E-state index is -3.86. The van der Waals surface area contributed by atoms with Crippen LogP contribution < -0.4 is 4.90 Å². The molecule has 0 spiro atoms. The number of anilines is 1. The van der Waals surface area contributed by atoms with Crippen LogP contribution in [0.2, 0.25) is 0 Å². The quantitative estimate of drug-likeness (QED) is 0.698.